The van der Waals surface area contributed by atoms with Gasteiger partial charge in [-0.1, -0.05) is 11.8 Å². The van der Waals surface area contributed by atoms with Crippen molar-refractivity contribution in [2.45, 2.75) is 10.9 Å². The van der Waals surface area contributed by atoms with E-state index in [1.54, 1.807) is 19.2 Å². The van der Waals surface area contributed by atoms with Crippen molar-refractivity contribution in [3.63, 3.8) is 0 Å². The number of nitrogen functional groups attached to an aromatic ring is 1. The number of anilines is 1. The number of aromatic nitrogens is 3. The molecule has 1 aromatic carbocycles. The maximum Gasteiger partial charge on any atom is 0.339 e. The summed E-state index contributed by atoms with van der Waals surface area (Å²) in [6.45, 7) is 0. The Morgan fingerprint density at radius 3 is 2.95 bits per heavy atom. The second-order valence-electron chi connectivity index (χ2n) is 3.88. The Labute approximate surface area is 112 Å². The van der Waals surface area contributed by atoms with Gasteiger partial charge in [-0.2, -0.15) is 4.98 Å². The van der Waals surface area contributed by atoms with Crippen LogP contribution in [0, 0.1) is 0 Å². The van der Waals surface area contributed by atoms with E-state index in [1.807, 2.05) is 0 Å². The van der Waals surface area contributed by atoms with Crippen LogP contribution in [0.25, 0.3) is 0 Å². The number of aromatic hydroxyl groups is 1. The number of phenolic OH excluding ortho intramolecular Hbond substituents is 1. The number of nitrogens with zero attached hydrogens (tertiary/aromatic N) is 2. The fourth-order valence-corrected chi connectivity index (χ4v) is 2.36. The first kappa shape index (κ1) is 13.2. The van der Waals surface area contributed by atoms with E-state index in [2.05, 4.69) is 10.1 Å². The van der Waals surface area contributed by atoms with Gasteiger partial charge in [-0.25, -0.2) is 0 Å². The minimum atomic E-state index is -0.836. The third-order valence-corrected chi connectivity index (χ3v) is 3.49. The van der Waals surface area contributed by atoms with Gasteiger partial charge in [0.2, 0.25) is 0 Å². The summed E-state index contributed by atoms with van der Waals surface area (Å²) in [5, 5.41) is 12.4. The Kier molecular flexibility index (Phi) is 3.61. The molecule has 0 fully saturated rings. The third-order valence-electron chi connectivity index (χ3n) is 2.41. The lowest BCUT2D eigenvalue weighted by Crippen LogP contribution is -2.33. The second kappa shape index (κ2) is 5.19. The number of thioether (sulfide) groups is 1. The molecule has 0 aliphatic carbocycles. The summed E-state index contributed by atoms with van der Waals surface area (Å²) >= 11 is 1.21. The van der Waals surface area contributed by atoms with Crippen LogP contribution in [0.5, 0.6) is 5.75 Å². The molecule has 0 unspecified atom stereocenters. The van der Waals surface area contributed by atoms with Crippen molar-refractivity contribution in [2.75, 3.05) is 5.73 Å². The molecule has 0 amide bonds. The molecule has 2 aromatic rings. The quantitative estimate of drug-likeness (QED) is 0.317. The summed E-state index contributed by atoms with van der Waals surface area (Å²) in [5.41, 5.74) is 5.20. The van der Waals surface area contributed by atoms with Gasteiger partial charge in [-0.3, -0.25) is 19.4 Å². The molecular weight excluding hydrogens is 268 g/mol. The summed E-state index contributed by atoms with van der Waals surface area (Å²) in [6.07, 6.45) is 0. The molecule has 7 nitrogen and oxygen atoms in total. The lowest BCUT2D eigenvalue weighted by atomic mass is 10.2. The third kappa shape index (κ3) is 2.97. The van der Waals surface area contributed by atoms with Crippen LogP contribution in [0.4, 0.5) is 5.69 Å². The molecule has 0 aliphatic heterocycles. The molecule has 0 saturated carbocycles. The first-order valence-corrected chi connectivity index (χ1v) is 6.33. The molecule has 1 aromatic heterocycles. The first-order chi connectivity index (χ1) is 8.97. The highest BCUT2D eigenvalue weighted by Crippen LogP contribution is 2.26. The van der Waals surface area contributed by atoms with Crippen molar-refractivity contribution in [2.24, 2.45) is 7.05 Å². The van der Waals surface area contributed by atoms with Crippen LogP contribution < -0.4 is 16.9 Å². The SMILES string of the molecule is Cn1[nH]c(=O)c(=O)nc1SCc1cc(N)ccc1O. The lowest BCUT2D eigenvalue weighted by molar-refractivity contribution is 0.470. The molecule has 0 atom stereocenters. The standard InChI is InChI=1S/C11H12N4O3S/c1-15-11(13-9(17)10(18)14-15)19-5-6-4-7(12)2-3-8(6)16/h2-4,16H,5,12H2,1H3,(H,14,18). The largest absolute Gasteiger partial charge is 0.508 e. The highest BCUT2D eigenvalue weighted by atomic mass is 32.2. The first-order valence-electron chi connectivity index (χ1n) is 5.35. The zero-order valence-corrected chi connectivity index (χ0v) is 10.9. The lowest BCUT2D eigenvalue weighted by Gasteiger charge is -2.07. The van der Waals surface area contributed by atoms with Gasteiger partial charge in [0, 0.05) is 24.1 Å². The Morgan fingerprint density at radius 1 is 1.47 bits per heavy atom. The highest BCUT2D eigenvalue weighted by Gasteiger charge is 2.07. The molecule has 4 N–H and O–H groups in total. The predicted molar refractivity (Wildman–Crippen MR) is 72.2 cm³/mol. The molecule has 8 heteroatoms. The zero-order chi connectivity index (χ0) is 14.0. The molecule has 2 rings (SSSR count). The van der Waals surface area contributed by atoms with Crippen LogP contribution in [-0.2, 0) is 12.8 Å². The molecular formula is C11H12N4O3S. The second-order valence-corrected chi connectivity index (χ2v) is 4.82. The van der Waals surface area contributed by atoms with Crippen LogP contribution >= 0.6 is 11.8 Å². The van der Waals surface area contributed by atoms with Gasteiger partial charge in [-0.15, -0.1) is 0 Å². The van der Waals surface area contributed by atoms with Gasteiger partial charge in [0.25, 0.3) is 0 Å². The van der Waals surface area contributed by atoms with E-state index in [-0.39, 0.29) is 5.75 Å². The van der Waals surface area contributed by atoms with Crippen molar-refractivity contribution >= 4 is 17.4 Å². The van der Waals surface area contributed by atoms with Crippen LogP contribution in [-0.4, -0.2) is 19.9 Å². The average molecular weight is 280 g/mol. The fraction of sp³-hybridized carbons (Fsp3) is 0.182. The van der Waals surface area contributed by atoms with E-state index in [9.17, 15) is 14.7 Å². The Balaban J connectivity index is 2.23. The summed E-state index contributed by atoms with van der Waals surface area (Å²) in [5.74, 6) is 0.500. The monoisotopic (exact) mass is 280 g/mol. The smallest absolute Gasteiger partial charge is 0.339 e. The molecule has 19 heavy (non-hydrogen) atoms. The van der Waals surface area contributed by atoms with E-state index >= 15 is 0 Å². The minimum Gasteiger partial charge on any atom is -0.508 e. The highest BCUT2D eigenvalue weighted by molar-refractivity contribution is 7.98. The molecule has 0 spiro atoms. The number of benzene rings is 1. The minimum absolute atomic E-state index is 0.121. The van der Waals surface area contributed by atoms with E-state index in [0.29, 0.717) is 22.2 Å². The van der Waals surface area contributed by atoms with Crippen molar-refractivity contribution in [3.05, 3.63) is 44.5 Å². The number of aromatic amines is 1. The van der Waals surface area contributed by atoms with Crippen molar-refractivity contribution in [3.8, 4) is 5.75 Å². The van der Waals surface area contributed by atoms with Crippen LogP contribution in [0.1, 0.15) is 5.56 Å². The van der Waals surface area contributed by atoms with Gasteiger partial charge in [0.05, 0.1) is 0 Å². The number of phenols is 1. The number of nitrogens with one attached hydrogen (secondary N) is 1. The number of rotatable bonds is 3. The molecule has 0 saturated heterocycles. The molecule has 100 valence electrons. The maximum absolute atomic E-state index is 11.2. The van der Waals surface area contributed by atoms with Crippen molar-refractivity contribution in [1.29, 1.82) is 0 Å². The Morgan fingerprint density at radius 2 is 2.21 bits per heavy atom. The van der Waals surface area contributed by atoms with Gasteiger partial charge in [0.15, 0.2) is 5.16 Å². The van der Waals surface area contributed by atoms with Crippen LogP contribution in [0.2, 0.25) is 0 Å². The number of aryl methyl sites for hydroxylation is 1. The number of hydrogen-bond acceptors (Lipinski definition) is 6. The van der Waals surface area contributed by atoms with E-state index < -0.39 is 11.1 Å². The predicted octanol–water partition coefficient (Wildman–Crippen LogP) is 0.0487. The molecule has 1 heterocycles. The number of hydrogen-bond donors (Lipinski definition) is 3. The summed E-state index contributed by atoms with van der Waals surface area (Å²) in [4.78, 5) is 25.9. The van der Waals surface area contributed by atoms with Gasteiger partial charge >= 0.3 is 11.1 Å². The van der Waals surface area contributed by atoms with Gasteiger partial charge < -0.3 is 10.8 Å². The Hall–Kier alpha value is -2.22. The average Bonchev–Trinajstić information content (AvgIpc) is 2.36. The van der Waals surface area contributed by atoms with E-state index in [0.717, 1.165) is 0 Å². The molecule has 0 bridgehead atoms. The summed E-state index contributed by atoms with van der Waals surface area (Å²) in [7, 11) is 1.58. The molecule has 0 radical (unpaired) electrons. The van der Waals surface area contributed by atoms with Crippen LogP contribution in [0.15, 0.2) is 32.9 Å². The van der Waals surface area contributed by atoms with E-state index in [4.69, 9.17) is 5.73 Å². The van der Waals surface area contributed by atoms with Gasteiger partial charge in [-0.05, 0) is 18.2 Å². The van der Waals surface area contributed by atoms with Crippen LogP contribution in [0.3, 0.4) is 0 Å². The van der Waals surface area contributed by atoms with E-state index in [1.165, 1.54) is 22.5 Å². The Bertz CT molecular complexity index is 723. The number of nitrogens with two attached hydrogens (primary N) is 1. The zero-order valence-electron chi connectivity index (χ0n) is 10.1. The fourth-order valence-electron chi connectivity index (χ4n) is 1.45. The molecule has 0 aliphatic rings. The number of H-pyrrole nitrogens is 1. The normalized spacial score (nSPS) is 10.6. The van der Waals surface area contributed by atoms with Crippen molar-refractivity contribution < 1.29 is 5.11 Å². The maximum atomic E-state index is 11.2. The van der Waals surface area contributed by atoms with Crippen molar-refractivity contribution in [1.82, 2.24) is 14.8 Å². The van der Waals surface area contributed by atoms with Gasteiger partial charge in [0.1, 0.15) is 5.75 Å². The topological polar surface area (TPSA) is 114 Å². The summed E-state index contributed by atoms with van der Waals surface area (Å²) in [6, 6.07) is 4.74. The summed E-state index contributed by atoms with van der Waals surface area (Å²) < 4.78 is 1.36.